The molecule has 1 saturated heterocycles. The predicted octanol–water partition coefficient (Wildman–Crippen LogP) is 3.09. The first kappa shape index (κ1) is 25.1. The predicted molar refractivity (Wildman–Crippen MR) is 139 cm³/mol. The third kappa shape index (κ3) is 5.80. The van der Waals surface area contributed by atoms with E-state index in [1.807, 2.05) is 78.9 Å². The number of benzene rings is 3. The summed E-state index contributed by atoms with van der Waals surface area (Å²) in [6.07, 6.45) is 1.25. The Morgan fingerprint density at radius 2 is 1.31 bits per heavy atom. The second kappa shape index (κ2) is 11.6. The lowest BCUT2D eigenvalue weighted by molar-refractivity contribution is -0.141. The maximum absolute atomic E-state index is 13.7. The fourth-order valence-corrected chi connectivity index (χ4v) is 4.56. The van der Waals surface area contributed by atoms with Gasteiger partial charge in [-0.05, 0) is 36.5 Å². The van der Waals surface area contributed by atoms with Crippen LogP contribution in [0.2, 0.25) is 0 Å². The molecular weight excluding hydrogens is 452 g/mol. The molecule has 1 aliphatic heterocycles. The molecule has 0 spiro atoms. The number of amides is 3. The summed E-state index contributed by atoms with van der Waals surface area (Å²) in [4.78, 5) is 41.3. The van der Waals surface area contributed by atoms with Crippen LogP contribution in [0, 0.1) is 0 Å². The zero-order valence-electron chi connectivity index (χ0n) is 20.3. The van der Waals surface area contributed by atoms with Crippen molar-refractivity contribution in [2.45, 2.75) is 43.9 Å². The van der Waals surface area contributed by atoms with E-state index in [0.29, 0.717) is 24.9 Å². The molecule has 3 aromatic rings. The molecule has 3 atom stereocenters. The van der Waals surface area contributed by atoms with E-state index in [9.17, 15) is 14.4 Å². The number of hydrogen-bond acceptors (Lipinski definition) is 4. The number of carbonyl (C=O) groups is 3. The van der Waals surface area contributed by atoms with E-state index in [1.54, 1.807) is 24.0 Å². The van der Waals surface area contributed by atoms with Gasteiger partial charge in [-0.25, -0.2) is 0 Å². The van der Waals surface area contributed by atoms with Gasteiger partial charge in [0, 0.05) is 6.54 Å². The summed E-state index contributed by atoms with van der Waals surface area (Å²) in [5.74, 6) is -0.960. The van der Waals surface area contributed by atoms with Gasteiger partial charge in [-0.2, -0.15) is 0 Å². The minimum absolute atomic E-state index is 0.219. The Bertz CT molecular complexity index is 1130. The highest BCUT2D eigenvalue weighted by Crippen LogP contribution is 2.27. The topological polar surface area (TPSA) is 105 Å². The SMILES string of the molecule is C[C@H](N)C(=O)N[C@H](C(=O)N1CCC[C@H]1C(=O)NC(c1ccccc1)c1ccccc1)c1ccccc1. The third-order valence-corrected chi connectivity index (χ3v) is 6.47. The van der Waals surface area contributed by atoms with E-state index in [-0.39, 0.29) is 17.9 Å². The van der Waals surface area contributed by atoms with Gasteiger partial charge in [0.05, 0.1) is 12.1 Å². The molecule has 1 fully saturated rings. The van der Waals surface area contributed by atoms with Crippen molar-refractivity contribution in [2.75, 3.05) is 6.54 Å². The number of nitrogens with two attached hydrogens (primary N) is 1. The number of rotatable bonds is 8. The summed E-state index contributed by atoms with van der Waals surface area (Å²) in [6, 6.07) is 25.9. The van der Waals surface area contributed by atoms with Crippen LogP contribution in [0.4, 0.5) is 0 Å². The lowest BCUT2D eigenvalue weighted by Crippen LogP contribution is -2.52. The van der Waals surface area contributed by atoms with Crippen LogP contribution < -0.4 is 16.4 Å². The van der Waals surface area contributed by atoms with Crippen LogP contribution in [0.25, 0.3) is 0 Å². The zero-order chi connectivity index (χ0) is 25.5. The second-order valence-corrected chi connectivity index (χ2v) is 9.09. The maximum Gasteiger partial charge on any atom is 0.250 e. The van der Waals surface area contributed by atoms with Crippen LogP contribution in [0.1, 0.15) is 48.5 Å². The van der Waals surface area contributed by atoms with E-state index in [0.717, 1.165) is 11.1 Å². The first-order valence-corrected chi connectivity index (χ1v) is 12.3. The molecule has 3 amide bonds. The van der Waals surface area contributed by atoms with Crippen molar-refractivity contribution >= 4 is 17.7 Å². The van der Waals surface area contributed by atoms with E-state index in [4.69, 9.17) is 5.73 Å². The summed E-state index contributed by atoms with van der Waals surface area (Å²) in [5.41, 5.74) is 8.32. The lowest BCUT2D eigenvalue weighted by atomic mass is 9.98. The van der Waals surface area contributed by atoms with E-state index >= 15 is 0 Å². The fraction of sp³-hybridized carbons (Fsp3) is 0.276. The number of nitrogens with zero attached hydrogens (tertiary/aromatic N) is 1. The van der Waals surface area contributed by atoms with Crippen LogP contribution >= 0.6 is 0 Å². The van der Waals surface area contributed by atoms with Gasteiger partial charge < -0.3 is 21.3 Å². The van der Waals surface area contributed by atoms with Crippen molar-refractivity contribution in [3.63, 3.8) is 0 Å². The Hall–Kier alpha value is -3.97. The van der Waals surface area contributed by atoms with Gasteiger partial charge in [-0.3, -0.25) is 14.4 Å². The highest BCUT2D eigenvalue weighted by molar-refractivity contribution is 5.94. The Morgan fingerprint density at radius 3 is 1.81 bits per heavy atom. The molecule has 1 heterocycles. The fourth-order valence-electron chi connectivity index (χ4n) is 4.56. The van der Waals surface area contributed by atoms with Crippen LogP contribution in [0.3, 0.4) is 0 Å². The lowest BCUT2D eigenvalue weighted by Gasteiger charge is -2.30. The molecule has 186 valence electrons. The molecule has 3 aromatic carbocycles. The van der Waals surface area contributed by atoms with Crippen molar-refractivity contribution in [2.24, 2.45) is 5.73 Å². The van der Waals surface area contributed by atoms with E-state index < -0.39 is 24.0 Å². The quantitative estimate of drug-likeness (QED) is 0.457. The maximum atomic E-state index is 13.7. The van der Waals surface area contributed by atoms with Crippen molar-refractivity contribution in [1.29, 1.82) is 0 Å². The average Bonchev–Trinajstić information content (AvgIpc) is 3.41. The molecule has 7 nitrogen and oxygen atoms in total. The summed E-state index contributed by atoms with van der Waals surface area (Å²) < 4.78 is 0. The molecule has 1 aliphatic rings. The first-order valence-electron chi connectivity index (χ1n) is 12.3. The molecule has 4 N–H and O–H groups in total. The van der Waals surface area contributed by atoms with Gasteiger partial charge >= 0.3 is 0 Å². The van der Waals surface area contributed by atoms with Gasteiger partial charge in [0.2, 0.25) is 17.7 Å². The van der Waals surface area contributed by atoms with Gasteiger partial charge in [0.1, 0.15) is 12.1 Å². The summed E-state index contributed by atoms with van der Waals surface area (Å²) in [5, 5.41) is 5.95. The Kier molecular flexibility index (Phi) is 8.13. The zero-order valence-corrected chi connectivity index (χ0v) is 20.3. The molecule has 0 radical (unpaired) electrons. The van der Waals surface area contributed by atoms with Gasteiger partial charge in [-0.1, -0.05) is 91.0 Å². The number of hydrogen-bond donors (Lipinski definition) is 3. The molecule has 0 aromatic heterocycles. The Balaban J connectivity index is 1.58. The molecule has 0 unspecified atom stereocenters. The first-order chi connectivity index (χ1) is 17.5. The standard InChI is InChI=1S/C29H32N4O3/c1-20(30)27(34)32-26(23-16-9-4-10-17-23)29(36)33-19-11-18-24(33)28(35)31-25(21-12-5-2-6-13-21)22-14-7-3-8-15-22/h2-10,12-17,20,24-26H,11,18-19,30H2,1H3,(H,31,35)(H,32,34)/t20-,24-,26-/m0/s1. The summed E-state index contributed by atoms with van der Waals surface area (Å²) >= 11 is 0. The van der Waals surface area contributed by atoms with Crippen molar-refractivity contribution in [3.8, 4) is 0 Å². The van der Waals surface area contributed by atoms with Crippen LogP contribution in [-0.4, -0.2) is 41.2 Å². The minimum atomic E-state index is -0.919. The molecule has 0 aliphatic carbocycles. The van der Waals surface area contributed by atoms with Crippen molar-refractivity contribution in [1.82, 2.24) is 15.5 Å². The van der Waals surface area contributed by atoms with Gasteiger partial charge in [-0.15, -0.1) is 0 Å². The van der Waals surface area contributed by atoms with Crippen LogP contribution in [-0.2, 0) is 14.4 Å². The third-order valence-electron chi connectivity index (χ3n) is 6.47. The highest BCUT2D eigenvalue weighted by atomic mass is 16.2. The molecule has 0 saturated carbocycles. The second-order valence-electron chi connectivity index (χ2n) is 9.09. The minimum Gasteiger partial charge on any atom is -0.343 e. The highest BCUT2D eigenvalue weighted by Gasteiger charge is 2.39. The van der Waals surface area contributed by atoms with E-state index in [2.05, 4.69) is 10.6 Å². The molecule has 0 bridgehead atoms. The summed E-state index contributed by atoms with van der Waals surface area (Å²) in [7, 11) is 0. The number of likely N-dealkylation sites (tertiary alicyclic amines) is 1. The van der Waals surface area contributed by atoms with Gasteiger partial charge in [0.15, 0.2) is 0 Å². The Labute approximate surface area is 211 Å². The van der Waals surface area contributed by atoms with Crippen molar-refractivity contribution in [3.05, 3.63) is 108 Å². The molecule has 4 rings (SSSR count). The normalized spacial score (nSPS) is 16.9. The van der Waals surface area contributed by atoms with Crippen molar-refractivity contribution < 1.29 is 14.4 Å². The van der Waals surface area contributed by atoms with Crippen LogP contribution in [0.5, 0.6) is 0 Å². The molecule has 7 heteroatoms. The molecule has 36 heavy (non-hydrogen) atoms. The van der Waals surface area contributed by atoms with Gasteiger partial charge in [0.25, 0.3) is 0 Å². The number of carbonyl (C=O) groups excluding carboxylic acids is 3. The van der Waals surface area contributed by atoms with Crippen LogP contribution in [0.15, 0.2) is 91.0 Å². The Morgan fingerprint density at radius 1 is 0.806 bits per heavy atom. The van der Waals surface area contributed by atoms with E-state index in [1.165, 1.54) is 0 Å². The monoisotopic (exact) mass is 484 g/mol. The number of nitrogens with one attached hydrogen (secondary N) is 2. The smallest absolute Gasteiger partial charge is 0.250 e. The molecular formula is C29H32N4O3. The largest absolute Gasteiger partial charge is 0.343 e. The summed E-state index contributed by atoms with van der Waals surface area (Å²) in [6.45, 7) is 2.01. The average molecular weight is 485 g/mol.